The average molecular weight is 263 g/mol. The topological polar surface area (TPSA) is 53.1 Å². The molecule has 0 aliphatic carbocycles. The van der Waals surface area contributed by atoms with Crippen molar-refractivity contribution in [1.29, 1.82) is 5.41 Å². The lowest BCUT2D eigenvalue weighted by Gasteiger charge is -2.26. The largest absolute Gasteiger partial charge is 0.384 e. The van der Waals surface area contributed by atoms with E-state index in [1.54, 1.807) is 11.8 Å². The number of hydrogen-bond acceptors (Lipinski definition) is 3. The van der Waals surface area contributed by atoms with E-state index in [0.29, 0.717) is 0 Å². The summed E-state index contributed by atoms with van der Waals surface area (Å²) in [6.45, 7) is 2.16. The van der Waals surface area contributed by atoms with Crippen LogP contribution in [-0.2, 0) is 0 Å². The summed E-state index contributed by atoms with van der Waals surface area (Å²) in [5.41, 5.74) is 7.82. The smallest absolute Gasteiger partial charge is 0.126 e. The van der Waals surface area contributed by atoms with Crippen LogP contribution >= 0.6 is 11.8 Å². The highest BCUT2D eigenvalue weighted by Crippen LogP contribution is 2.30. The monoisotopic (exact) mass is 263 g/mol. The van der Waals surface area contributed by atoms with E-state index in [1.165, 1.54) is 25.7 Å². The fraction of sp³-hybridized carbons (Fsp3) is 0.500. The molecule has 0 radical (unpaired) electrons. The van der Waals surface area contributed by atoms with Crippen LogP contribution in [0.1, 0.15) is 31.2 Å². The van der Waals surface area contributed by atoms with Crippen LogP contribution in [0, 0.1) is 5.41 Å². The molecule has 1 aromatic carbocycles. The fourth-order valence-electron chi connectivity index (χ4n) is 2.54. The summed E-state index contributed by atoms with van der Waals surface area (Å²) in [7, 11) is 0. The first-order chi connectivity index (χ1) is 8.74. The van der Waals surface area contributed by atoms with Crippen LogP contribution in [0.3, 0.4) is 0 Å². The molecule has 0 saturated carbocycles. The summed E-state index contributed by atoms with van der Waals surface area (Å²) in [6, 6.07) is 6.21. The minimum atomic E-state index is 0.180. The second-order valence-electron chi connectivity index (χ2n) is 4.67. The van der Waals surface area contributed by atoms with Crippen molar-refractivity contribution < 1.29 is 0 Å². The minimum absolute atomic E-state index is 0.180. The Morgan fingerprint density at radius 1 is 1.22 bits per heavy atom. The van der Waals surface area contributed by atoms with Crippen LogP contribution in [-0.4, -0.2) is 25.2 Å². The van der Waals surface area contributed by atoms with Gasteiger partial charge in [0, 0.05) is 23.7 Å². The molecule has 0 aromatic heterocycles. The Morgan fingerprint density at radius 2 is 1.89 bits per heavy atom. The maximum absolute atomic E-state index is 7.83. The van der Waals surface area contributed by atoms with E-state index >= 15 is 0 Å². The average Bonchev–Trinajstić information content (AvgIpc) is 2.66. The standard InChI is InChI=1S/C14H21N3S/c1-18-12-8-6-7-11(13(12)14(15)16)17-9-4-2-3-5-10-17/h6-8H,2-5,9-10H2,1H3,(H3,15,16). The van der Waals surface area contributed by atoms with Crippen molar-refractivity contribution >= 4 is 23.3 Å². The van der Waals surface area contributed by atoms with Gasteiger partial charge in [0.1, 0.15) is 5.84 Å². The zero-order valence-corrected chi connectivity index (χ0v) is 11.7. The molecule has 3 N–H and O–H groups in total. The Bertz CT molecular complexity index is 423. The van der Waals surface area contributed by atoms with Crippen molar-refractivity contribution in [3.8, 4) is 0 Å². The first-order valence-corrected chi connectivity index (χ1v) is 7.73. The van der Waals surface area contributed by atoms with E-state index in [9.17, 15) is 0 Å². The number of benzene rings is 1. The zero-order chi connectivity index (χ0) is 13.0. The van der Waals surface area contributed by atoms with Crippen molar-refractivity contribution in [2.75, 3.05) is 24.2 Å². The van der Waals surface area contributed by atoms with Crippen LogP contribution in [0.15, 0.2) is 23.1 Å². The maximum atomic E-state index is 7.83. The highest BCUT2D eigenvalue weighted by atomic mass is 32.2. The lowest BCUT2D eigenvalue weighted by atomic mass is 10.1. The maximum Gasteiger partial charge on any atom is 0.126 e. The second kappa shape index (κ2) is 6.14. The highest BCUT2D eigenvalue weighted by Gasteiger charge is 2.17. The van der Waals surface area contributed by atoms with Gasteiger partial charge in [-0.05, 0) is 31.2 Å². The number of thioether (sulfide) groups is 1. The van der Waals surface area contributed by atoms with E-state index in [2.05, 4.69) is 17.0 Å². The molecule has 0 unspecified atom stereocenters. The molecule has 0 amide bonds. The van der Waals surface area contributed by atoms with Gasteiger partial charge in [-0.3, -0.25) is 5.41 Å². The molecule has 1 fully saturated rings. The van der Waals surface area contributed by atoms with E-state index in [0.717, 1.165) is 29.2 Å². The third kappa shape index (κ3) is 2.80. The van der Waals surface area contributed by atoms with Crippen LogP contribution in [0.5, 0.6) is 0 Å². The second-order valence-corrected chi connectivity index (χ2v) is 5.52. The van der Waals surface area contributed by atoms with E-state index in [4.69, 9.17) is 11.1 Å². The molecule has 4 heteroatoms. The molecule has 3 nitrogen and oxygen atoms in total. The third-order valence-corrected chi connectivity index (χ3v) is 4.22. The van der Waals surface area contributed by atoms with Gasteiger partial charge in [0.15, 0.2) is 0 Å². The van der Waals surface area contributed by atoms with Crippen LogP contribution in [0.25, 0.3) is 0 Å². The minimum Gasteiger partial charge on any atom is -0.384 e. The van der Waals surface area contributed by atoms with Crippen LogP contribution in [0.2, 0.25) is 0 Å². The molecule has 2 rings (SSSR count). The molecule has 1 aliphatic heterocycles. The fourth-order valence-corrected chi connectivity index (χ4v) is 3.17. The molecule has 0 atom stereocenters. The van der Waals surface area contributed by atoms with Gasteiger partial charge in [-0.1, -0.05) is 18.9 Å². The number of anilines is 1. The number of amidine groups is 1. The number of nitrogens with one attached hydrogen (secondary N) is 1. The van der Waals surface area contributed by atoms with Crippen LogP contribution < -0.4 is 10.6 Å². The molecule has 18 heavy (non-hydrogen) atoms. The van der Waals surface area contributed by atoms with Gasteiger partial charge < -0.3 is 10.6 Å². The Morgan fingerprint density at radius 3 is 2.44 bits per heavy atom. The number of hydrogen-bond donors (Lipinski definition) is 2. The first-order valence-electron chi connectivity index (χ1n) is 6.50. The number of nitrogen functional groups attached to an aromatic ring is 1. The zero-order valence-electron chi connectivity index (χ0n) is 10.9. The Balaban J connectivity index is 2.38. The molecule has 0 spiro atoms. The van der Waals surface area contributed by atoms with Gasteiger partial charge in [-0.25, -0.2) is 0 Å². The number of nitrogens with two attached hydrogens (primary N) is 1. The van der Waals surface area contributed by atoms with E-state index in [1.807, 2.05) is 12.3 Å². The molecule has 1 saturated heterocycles. The lowest BCUT2D eigenvalue weighted by molar-refractivity contribution is 0.726. The molecular weight excluding hydrogens is 242 g/mol. The van der Waals surface area contributed by atoms with Crippen molar-refractivity contribution in [3.05, 3.63) is 23.8 Å². The van der Waals surface area contributed by atoms with Crippen molar-refractivity contribution in [2.45, 2.75) is 30.6 Å². The quantitative estimate of drug-likeness (QED) is 0.500. The lowest BCUT2D eigenvalue weighted by Crippen LogP contribution is -2.27. The third-order valence-electron chi connectivity index (χ3n) is 3.44. The van der Waals surface area contributed by atoms with E-state index < -0.39 is 0 Å². The highest BCUT2D eigenvalue weighted by molar-refractivity contribution is 7.98. The molecule has 1 aliphatic rings. The van der Waals surface area contributed by atoms with Crippen LogP contribution in [0.4, 0.5) is 5.69 Å². The summed E-state index contributed by atoms with van der Waals surface area (Å²) >= 11 is 1.66. The SMILES string of the molecule is CSc1cccc(N2CCCCCC2)c1C(=N)N. The van der Waals surface area contributed by atoms with Crippen molar-refractivity contribution in [3.63, 3.8) is 0 Å². The van der Waals surface area contributed by atoms with Crippen molar-refractivity contribution in [2.24, 2.45) is 5.73 Å². The summed E-state index contributed by atoms with van der Waals surface area (Å²) in [5.74, 6) is 0.180. The van der Waals surface area contributed by atoms with Gasteiger partial charge in [-0.2, -0.15) is 0 Å². The van der Waals surface area contributed by atoms with Gasteiger partial charge >= 0.3 is 0 Å². The van der Waals surface area contributed by atoms with Gasteiger partial charge in [0.25, 0.3) is 0 Å². The molecule has 1 aromatic rings. The molecule has 1 heterocycles. The molecule has 0 bridgehead atoms. The number of rotatable bonds is 3. The summed E-state index contributed by atoms with van der Waals surface area (Å²) < 4.78 is 0. The van der Waals surface area contributed by atoms with Gasteiger partial charge in [0.05, 0.1) is 5.56 Å². The molecular formula is C14H21N3S. The first kappa shape index (κ1) is 13.3. The summed E-state index contributed by atoms with van der Waals surface area (Å²) in [6.07, 6.45) is 7.14. The van der Waals surface area contributed by atoms with Gasteiger partial charge in [-0.15, -0.1) is 11.8 Å². The Kier molecular flexibility index (Phi) is 4.53. The van der Waals surface area contributed by atoms with E-state index in [-0.39, 0.29) is 5.84 Å². The predicted molar refractivity (Wildman–Crippen MR) is 79.9 cm³/mol. The predicted octanol–water partition coefficient (Wildman–Crippen LogP) is 3.07. The normalized spacial score (nSPS) is 16.4. The molecule has 98 valence electrons. The summed E-state index contributed by atoms with van der Waals surface area (Å²) in [4.78, 5) is 3.49. The summed E-state index contributed by atoms with van der Waals surface area (Å²) in [5, 5.41) is 7.83. The Labute approximate surface area is 113 Å². The van der Waals surface area contributed by atoms with Crippen molar-refractivity contribution in [1.82, 2.24) is 0 Å². The van der Waals surface area contributed by atoms with Gasteiger partial charge in [0.2, 0.25) is 0 Å². The Hall–Kier alpha value is -1.16. The number of nitrogens with zero attached hydrogens (tertiary/aromatic N) is 1.